The molecule has 2 N–H and O–H groups in total. The van der Waals surface area contributed by atoms with Gasteiger partial charge in [0.05, 0.1) is 0 Å². The van der Waals surface area contributed by atoms with Gasteiger partial charge in [0.1, 0.15) is 5.75 Å². The van der Waals surface area contributed by atoms with Crippen LogP contribution in [0.5, 0.6) is 5.75 Å². The van der Waals surface area contributed by atoms with E-state index in [-0.39, 0.29) is 0 Å². The lowest BCUT2D eigenvalue weighted by Crippen LogP contribution is -2.28. The lowest BCUT2D eigenvalue weighted by Gasteiger charge is -2.25. The lowest BCUT2D eigenvalue weighted by atomic mass is 9.91. The van der Waals surface area contributed by atoms with Crippen LogP contribution in [-0.4, -0.2) is 24.5 Å². The molecule has 1 aromatic carbocycles. The Labute approximate surface area is 101 Å². The van der Waals surface area contributed by atoms with Crippen molar-refractivity contribution >= 4 is 11.8 Å². The monoisotopic (exact) mass is 237 g/mol. The Balaban J connectivity index is 2.33. The van der Waals surface area contributed by atoms with Crippen LogP contribution in [0.25, 0.3) is 0 Å². The first-order valence-corrected chi connectivity index (χ1v) is 7.03. The van der Waals surface area contributed by atoms with Crippen molar-refractivity contribution in [1.82, 2.24) is 5.32 Å². The fourth-order valence-electron chi connectivity index (χ4n) is 2.30. The van der Waals surface area contributed by atoms with Crippen molar-refractivity contribution in [2.45, 2.75) is 30.6 Å². The zero-order valence-electron chi connectivity index (χ0n) is 9.92. The number of rotatable bonds is 2. The molecule has 1 aromatic rings. The number of aromatic hydroxyl groups is 1. The molecule has 0 aliphatic carbocycles. The zero-order chi connectivity index (χ0) is 11.5. The van der Waals surface area contributed by atoms with E-state index in [2.05, 4.69) is 17.6 Å². The van der Waals surface area contributed by atoms with Gasteiger partial charge < -0.3 is 10.4 Å². The number of phenolic OH excluding ortho intramolecular Hbond substituents is 1. The van der Waals surface area contributed by atoms with Crippen molar-refractivity contribution in [2.24, 2.45) is 0 Å². The summed E-state index contributed by atoms with van der Waals surface area (Å²) in [6, 6.07) is 4.06. The van der Waals surface area contributed by atoms with Crippen molar-refractivity contribution in [1.29, 1.82) is 0 Å². The highest BCUT2D eigenvalue weighted by Gasteiger charge is 2.19. The first kappa shape index (κ1) is 11.8. The number of aryl methyl sites for hydroxylation is 1. The highest BCUT2D eigenvalue weighted by atomic mass is 32.2. The van der Waals surface area contributed by atoms with Gasteiger partial charge in [0.25, 0.3) is 0 Å². The first-order chi connectivity index (χ1) is 7.72. The fraction of sp³-hybridized carbons (Fsp3) is 0.538. The molecule has 1 unspecified atom stereocenters. The van der Waals surface area contributed by atoms with Gasteiger partial charge in [-0.1, -0.05) is 0 Å². The van der Waals surface area contributed by atoms with Crippen LogP contribution in [0.2, 0.25) is 0 Å². The molecule has 0 aromatic heterocycles. The van der Waals surface area contributed by atoms with E-state index in [0.717, 1.165) is 18.7 Å². The molecule has 1 saturated heterocycles. The maximum atomic E-state index is 9.82. The largest absolute Gasteiger partial charge is 0.508 e. The summed E-state index contributed by atoms with van der Waals surface area (Å²) < 4.78 is 0. The average Bonchev–Trinajstić information content (AvgIpc) is 2.33. The zero-order valence-corrected chi connectivity index (χ0v) is 10.7. The third-order valence-corrected chi connectivity index (χ3v) is 4.08. The fourth-order valence-corrected chi connectivity index (χ4v) is 3.06. The normalized spacial score (nSPS) is 21.0. The maximum absolute atomic E-state index is 9.82. The summed E-state index contributed by atoms with van der Waals surface area (Å²) in [5.41, 5.74) is 2.28. The maximum Gasteiger partial charge on any atom is 0.118 e. The molecule has 88 valence electrons. The summed E-state index contributed by atoms with van der Waals surface area (Å²) >= 11 is 1.77. The second-order valence-electron chi connectivity index (χ2n) is 4.42. The Kier molecular flexibility index (Phi) is 3.77. The van der Waals surface area contributed by atoms with Gasteiger partial charge in [-0.15, -0.1) is 11.8 Å². The third-order valence-electron chi connectivity index (χ3n) is 3.28. The Morgan fingerprint density at radius 2 is 2.25 bits per heavy atom. The lowest BCUT2D eigenvalue weighted by molar-refractivity contribution is 0.447. The van der Waals surface area contributed by atoms with Crippen molar-refractivity contribution in [3.05, 3.63) is 23.3 Å². The second-order valence-corrected chi connectivity index (χ2v) is 5.27. The van der Waals surface area contributed by atoms with Crippen LogP contribution in [0.4, 0.5) is 0 Å². The molecule has 0 bridgehead atoms. The molecule has 1 aliphatic rings. The summed E-state index contributed by atoms with van der Waals surface area (Å²) in [4.78, 5) is 1.31. The number of hydrogen-bond donors (Lipinski definition) is 2. The SMILES string of the molecule is CSc1cc(C)c(O)cc1C1CCCNC1. The minimum atomic E-state index is 0.429. The molecule has 0 amide bonds. The first-order valence-electron chi connectivity index (χ1n) is 5.80. The van der Waals surface area contributed by atoms with E-state index in [4.69, 9.17) is 0 Å². The van der Waals surface area contributed by atoms with Gasteiger partial charge in [-0.3, -0.25) is 0 Å². The van der Waals surface area contributed by atoms with Gasteiger partial charge in [-0.25, -0.2) is 0 Å². The molecule has 3 heteroatoms. The third kappa shape index (κ3) is 2.36. The van der Waals surface area contributed by atoms with E-state index >= 15 is 0 Å². The minimum Gasteiger partial charge on any atom is -0.508 e. The van der Waals surface area contributed by atoms with E-state index in [9.17, 15) is 5.11 Å². The van der Waals surface area contributed by atoms with Crippen LogP contribution in [0.15, 0.2) is 17.0 Å². The molecule has 16 heavy (non-hydrogen) atoms. The van der Waals surface area contributed by atoms with Gasteiger partial charge in [-0.2, -0.15) is 0 Å². The number of piperidine rings is 1. The second kappa shape index (κ2) is 5.11. The molecule has 1 fully saturated rings. The molecule has 2 nitrogen and oxygen atoms in total. The van der Waals surface area contributed by atoms with Gasteiger partial charge in [0, 0.05) is 11.4 Å². The van der Waals surface area contributed by atoms with Crippen molar-refractivity contribution in [2.75, 3.05) is 19.3 Å². The van der Waals surface area contributed by atoms with Crippen LogP contribution < -0.4 is 5.32 Å². The van der Waals surface area contributed by atoms with Crippen LogP contribution in [0.1, 0.15) is 29.9 Å². The van der Waals surface area contributed by atoms with E-state index in [1.807, 2.05) is 13.0 Å². The Bertz CT molecular complexity index is 372. The Morgan fingerprint density at radius 1 is 1.44 bits per heavy atom. The highest BCUT2D eigenvalue weighted by Crippen LogP contribution is 2.35. The van der Waals surface area contributed by atoms with Gasteiger partial charge in [0.15, 0.2) is 0 Å². The van der Waals surface area contributed by atoms with Crippen LogP contribution in [0.3, 0.4) is 0 Å². The smallest absolute Gasteiger partial charge is 0.118 e. The molecule has 1 atom stereocenters. The van der Waals surface area contributed by atoms with Gasteiger partial charge >= 0.3 is 0 Å². The van der Waals surface area contributed by atoms with Crippen LogP contribution >= 0.6 is 11.8 Å². The predicted octanol–water partition coefficient (Wildman–Crippen LogP) is 2.89. The summed E-state index contributed by atoms with van der Waals surface area (Å²) in [6.07, 6.45) is 4.56. The number of benzene rings is 1. The molecule has 0 saturated carbocycles. The summed E-state index contributed by atoms with van der Waals surface area (Å²) in [6.45, 7) is 4.12. The van der Waals surface area contributed by atoms with E-state index in [0.29, 0.717) is 11.7 Å². The van der Waals surface area contributed by atoms with Crippen molar-refractivity contribution in [3.63, 3.8) is 0 Å². The number of nitrogens with one attached hydrogen (secondary N) is 1. The molecular formula is C13H19NOS. The summed E-state index contributed by atoms with van der Waals surface area (Å²) in [5.74, 6) is 0.987. The molecule has 0 radical (unpaired) electrons. The standard InChI is InChI=1S/C13H19NOS/c1-9-6-13(16-2)11(7-12(9)15)10-4-3-5-14-8-10/h6-7,10,14-15H,3-5,8H2,1-2H3. The Hall–Kier alpha value is -0.670. The molecule has 0 spiro atoms. The van der Waals surface area contributed by atoms with Crippen LogP contribution in [-0.2, 0) is 0 Å². The summed E-state index contributed by atoms with van der Waals surface area (Å²) in [5, 5.41) is 13.2. The number of hydrogen-bond acceptors (Lipinski definition) is 3. The van der Waals surface area contributed by atoms with Crippen molar-refractivity contribution < 1.29 is 5.11 Å². The topological polar surface area (TPSA) is 32.3 Å². The van der Waals surface area contributed by atoms with Crippen molar-refractivity contribution in [3.8, 4) is 5.75 Å². The highest BCUT2D eigenvalue weighted by molar-refractivity contribution is 7.98. The molecule has 2 rings (SSSR count). The van der Waals surface area contributed by atoms with E-state index < -0.39 is 0 Å². The average molecular weight is 237 g/mol. The predicted molar refractivity (Wildman–Crippen MR) is 69.5 cm³/mol. The molecule has 1 heterocycles. The molecular weight excluding hydrogens is 218 g/mol. The number of thioether (sulfide) groups is 1. The number of phenols is 1. The quantitative estimate of drug-likeness (QED) is 0.776. The Morgan fingerprint density at radius 3 is 2.88 bits per heavy atom. The van der Waals surface area contributed by atoms with E-state index in [1.54, 1.807) is 11.8 Å². The van der Waals surface area contributed by atoms with Gasteiger partial charge in [-0.05, 0) is 61.7 Å². The van der Waals surface area contributed by atoms with Gasteiger partial charge in [0.2, 0.25) is 0 Å². The molecule has 1 aliphatic heterocycles. The van der Waals surface area contributed by atoms with E-state index in [1.165, 1.54) is 23.3 Å². The minimum absolute atomic E-state index is 0.429. The van der Waals surface area contributed by atoms with Crippen LogP contribution in [0, 0.1) is 6.92 Å². The summed E-state index contributed by atoms with van der Waals surface area (Å²) in [7, 11) is 0.